The van der Waals surface area contributed by atoms with Crippen LogP contribution in [-0.4, -0.2) is 27.7 Å². The van der Waals surface area contributed by atoms with E-state index in [-0.39, 0.29) is 10.9 Å². The molecule has 0 aliphatic carbocycles. The minimum absolute atomic E-state index is 0.0266. The van der Waals surface area contributed by atoms with E-state index in [2.05, 4.69) is 15.9 Å². The lowest BCUT2D eigenvalue weighted by molar-refractivity contribution is -0.136. The zero-order valence-corrected chi connectivity index (χ0v) is 8.46. The smallest absolute Gasteiger partial charge is 0.373 e. The highest BCUT2D eigenvalue weighted by atomic mass is 79.9. The molecule has 0 bridgehead atoms. The summed E-state index contributed by atoms with van der Waals surface area (Å²) >= 11 is 3.21. The molecule has 1 atom stereocenters. The van der Waals surface area contributed by atoms with Gasteiger partial charge in [-0.2, -0.15) is 0 Å². The van der Waals surface area contributed by atoms with Crippen molar-refractivity contribution in [3.05, 3.63) is 11.5 Å². The van der Waals surface area contributed by atoms with Gasteiger partial charge in [-0.05, 0) is 29.8 Å². The molecule has 4 nitrogen and oxygen atoms in total. The molecule has 1 N–H and O–H groups in total. The lowest BCUT2D eigenvalue weighted by Gasteiger charge is -2.19. The first-order valence-corrected chi connectivity index (χ1v) is 4.51. The van der Waals surface area contributed by atoms with E-state index in [1.54, 1.807) is 6.92 Å². The lowest BCUT2D eigenvalue weighted by atomic mass is 10.4. The molecular formula is C7H10BrNO3. The van der Waals surface area contributed by atoms with Crippen LogP contribution in [0.15, 0.2) is 11.5 Å². The second-order valence-corrected chi connectivity index (χ2v) is 3.20. The summed E-state index contributed by atoms with van der Waals surface area (Å²) in [5.74, 6) is -0.994. The second-order valence-electron chi connectivity index (χ2n) is 2.42. The van der Waals surface area contributed by atoms with Crippen LogP contribution in [-0.2, 0) is 9.53 Å². The highest BCUT2D eigenvalue weighted by molar-refractivity contribution is 9.09. The summed E-state index contributed by atoms with van der Waals surface area (Å²) in [6, 6.07) is 0. The van der Waals surface area contributed by atoms with Crippen LogP contribution in [0.1, 0.15) is 13.8 Å². The van der Waals surface area contributed by atoms with E-state index in [1.165, 1.54) is 0 Å². The molecule has 5 heteroatoms. The predicted octanol–water partition coefficient (Wildman–Crippen LogP) is 1.33. The van der Waals surface area contributed by atoms with Crippen molar-refractivity contribution in [1.82, 2.24) is 4.90 Å². The molecule has 0 amide bonds. The molecule has 68 valence electrons. The average Bonchev–Trinajstić information content (AvgIpc) is 2.27. The molecule has 0 spiro atoms. The van der Waals surface area contributed by atoms with Gasteiger partial charge in [-0.3, -0.25) is 0 Å². The Morgan fingerprint density at radius 3 is 2.67 bits per heavy atom. The SMILES string of the molecule is CCN1C(C)=C(C(=O)O)OC1Br. The molecule has 0 saturated carbocycles. The monoisotopic (exact) mass is 235 g/mol. The summed E-state index contributed by atoms with van der Waals surface area (Å²) in [6.07, 6.45) is 0. The van der Waals surface area contributed by atoms with Crippen LogP contribution in [0, 0.1) is 0 Å². The molecule has 12 heavy (non-hydrogen) atoms. The molecule has 1 heterocycles. The van der Waals surface area contributed by atoms with Crippen molar-refractivity contribution in [1.29, 1.82) is 0 Å². The van der Waals surface area contributed by atoms with Crippen molar-refractivity contribution in [2.75, 3.05) is 6.54 Å². The Hall–Kier alpha value is -0.710. The van der Waals surface area contributed by atoms with Gasteiger partial charge in [0.1, 0.15) is 0 Å². The third kappa shape index (κ3) is 1.41. The van der Waals surface area contributed by atoms with Crippen molar-refractivity contribution in [2.45, 2.75) is 19.0 Å². The highest BCUT2D eigenvalue weighted by Gasteiger charge is 2.31. The van der Waals surface area contributed by atoms with Gasteiger partial charge in [-0.15, -0.1) is 0 Å². The second kappa shape index (κ2) is 3.35. The van der Waals surface area contributed by atoms with Gasteiger partial charge in [0, 0.05) is 6.54 Å². The fourth-order valence-corrected chi connectivity index (χ4v) is 1.90. The summed E-state index contributed by atoms with van der Waals surface area (Å²) in [5, 5.41) is 8.35. The lowest BCUT2D eigenvalue weighted by Crippen LogP contribution is -2.24. The van der Waals surface area contributed by atoms with Crippen LogP contribution in [0.2, 0.25) is 0 Å². The number of halogens is 1. The zero-order chi connectivity index (χ0) is 9.30. The number of hydrogen-bond donors (Lipinski definition) is 1. The van der Waals surface area contributed by atoms with Crippen molar-refractivity contribution >= 4 is 21.9 Å². The molecule has 1 aliphatic rings. The number of carboxylic acid groups (broad SMARTS) is 1. The number of alkyl halides is 1. The number of carbonyl (C=O) groups is 1. The zero-order valence-electron chi connectivity index (χ0n) is 6.87. The molecule has 0 radical (unpaired) electrons. The Bertz CT molecular complexity index is 239. The van der Waals surface area contributed by atoms with E-state index in [0.717, 1.165) is 6.54 Å². The van der Waals surface area contributed by atoms with Gasteiger partial charge in [-0.25, -0.2) is 4.79 Å². The fraction of sp³-hybridized carbons (Fsp3) is 0.571. The molecule has 1 aliphatic heterocycles. The number of ether oxygens (including phenoxy) is 1. The van der Waals surface area contributed by atoms with Gasteiger partial charge < -0.3 is 14.7 Å². The first-order valence-electron chi connectivity index (χ1n) is 3.59. The quantitative estimate of drug-likeness (QED) is 0.580. The number of hydrogen-bond acceptors (Lipinski definition) is 3. The molecule has 0 saturated heterocycles. The molecule has 0 aromatic carbocycles. The Kier molecular flexibility index (Phi) is 2.62. The Labute approximate surface area is 78.9 Å². The van der Waals surface area contributed by atoms with E-state index in [0.29, 0.717) is 5.70 Å². The third-order valence-corrected chi connectivity index (χ3v) is 2.44. The van der Waals surface area contributed by atoms with Crippen LogP contribution in [0.4, 0.5) is 0 Å². The van der Waals surface area contributed by atoms with E-state index in [4.69, 9.17) is 9.84 Å². The Morgan fingerprint density at radius 2 is 2.42 bits per heavy atom. The minimum atomic E-state index is -1.02. The predicted molar refractivity (Wildman–Crippen MR) is 46.5 cm³/mol. The minimum Gasteiger partial charge on any atom is -0.475 e. The standard InChI is InChI=1S/C7H10BrNO3/c1-3-9-4(2)5(6(10)11)12-7(9)8/h7H,3H2,1-2H3,(H,10,11). The number of allylic oxidation sites excluding steroid dienone is 1. The van der Waals surface area contributed by atoms with Crippen molar-refractivity contribution < 1.29 is 14.6 Å². The summed E-state index contributed by atoms with van der Waals surface area (Å²) in [5.41, 5.74) is 0.659. The van der Waals surface area contributed by atoms with Crippen LogP contribution < -0.4 is 0 Å². The molecule has 1 rings (SSSR count). The Balaban J connectivity index is 2.89. The average molecular weight is 236 g/mol. The number of rotatable bonds is 2. The first-order chi connectivity index (χ1) is 5.57. The van der Waals surface area contributed by atoms with Gasteiger partial charge in [0.2, 0.25) is 10.9 Å². The topological polar surface area (TPSA) is 49.8 Å². The van der Waals surface area contributed by atoms with Gasteiger partial charge in [0.25, 0.3) is 0 Å². The van der Waals surface area contributed by atoms with Gasteiger partial charge in [-0.1, -0.05) is 0 Å². The van der Waals surface area contributed by atoms with E-state index < -0.39 is 5.97 Å². The number of carboxylic acids is 1. The summed E-state index contributed by atoms with van der Waals surface area (Å²) < 4.78 is 5.06. The summed E-state index contributed by atoms with van der Waals surface area (Å²) in [4.78, 5) is 12.4. The van der Waals surface area contributed by atoms with Gasteiger partial charge >= 0.3 is 5.97 Å². The maximum absolute atomic E-state index is 10.6. The van der Waals surface area contributed by atoms with Crippen molar-refractivity contribution in [2.24, 2.45) is 0 Å². The van der Waals surface area contributed by atoms with Crippen LogP contribution in [0.3, 0.4) is 0 Å². The van der Waals surface area contributed by atoms with E-state index in [1.807, 2.05) is 11.8 Å². The van der Waals surface area contributed by atoms with Crippen LogP contribution in [0.25, 0.3) is 0 Å². The summed E-state index contributed by atoms with van der Waals surface area (Å²) in [6.45, 7) is 4.39. The van der Waals surface area contributed by atoms with E-state index in [9.17, 15) is 4.79 Å². The maximum atomic E-state index is 10.6. The molecule has 1 unspecified atom stereocenters. The third-order valence-electron chi connectivity index (χ3n) is 1.75. The molecule has 0 aromatic heterocycles. The largest absolute Gasteiger partial charge is 0.475 e. The van der Waals surface area contributed by atoms with Gasteiger partial charge in [0.05, 0.1) is 5.70 Å². The van der Waals surface area contributed by atoms with Crippen molar-refractivity contribution in [3.63, 3.8) is 0 Å². The molecular weight excluding hydrogens is 226 g/mol. The summed E-state index contributed by atoms with van der Waals surface area (Å²) in [7, 11) is 0. The van der Waals surface area contributed by atoms with Gasteiger partial charge in [0.15, 0.2) is 0 Å². The first kappa shape index (κ1) is 9.38. The van der Waals surface area contributed by atoms with Crippen LogP contribution in [0.5, 0.6) is 0 Å². The van der Waals surface area contributed by atoms with Crippen LogP contribution >= 0.6 is 15.9 Å². The normalized spacial score (nSPS) is 22.9. The van der Waals surface area contributed by atoms with E-state index >= 15 is 0 Å². The number of nitrogens with zero attached hydrogens (tertiary/aromatic N) is 1. The molecule has 0 aromatic rings. The maximum Gasteiger partial charge on any atom is 0.373 e. The number of aliphatic carboxylic acids is 1. The van der Waals surface area contributed by atoms with Crippen molar-refractivity contribution in [3.8, 4) is 0 Å². The fourth-order valence-electron chi connectivity index (χ4n) is 1.11. The Morgan fingerprint density at radius 1 is 1.83 bits per heavy atom. The highest BCUT2D eigenvalue weighted by Crippen LogP contribution is 2.28. The molecule has 0 fully saturated rings.